The van der Waals surface area contributed by atoms with Gasteiger partial charge in [-0.25, -0.2) is 0 Å². The Bertz CT molecular complexity index is 2170. The van der Waals surface area contributed by atoms with Gasteiger partial charge in [-0.1, -0.05) is 130 Å². The minimum absolute atomic E-state index is 0. The molecule has 0 atom stereocenters. The standard InChI is InChI=1S/2C22H15Cl4NO2.H2O/c2*1-2-21(28)27-11-15(7-13-3-5-17(23)9-19(13)25)22(29)16(12-27)8-14-4-6-18(24)10-20(14)26;/h2*2-10H,1,11-12H2;1H2/b2*15-7+,16-8+;. The molecule has 2 aliphatic rings. The average molecular weight is 952 g/mol. The summed E-state index contributed by atoms with van der Waals surface area (Å²) < 4.78 is 0. The van der Waals surface area contributed by atoms with E-state index < -0.39 is 0 Å². The molecule has 2 amide bonds. The molecule has 4 aromatic carbocycles. The SMILES string of the molecule is C=CC(=O)N1C/C(=C\c2ccc(Cl)cc2Cl)C(=O)/C(=C/c2ccc(Cl)cc2Cl)C1.C=CC(=O)N1C/C(=C\c2ccc(Cl)cc2Cl)C(=O)/C(=C/c2ccc(Cl)cc2Cl)C1.O. The Hall–Kier alpha value is -4.12. The molecule has 2 aliphatic heterocycles. The molecule has 7 nitrogen and oxygen atoms in total. The number of benzene rings is 4. The molecule has 0 saturated carbocycles. The number of rotatable bonds is 6. The Balaban J connectivity index is 0.000000256. The second kappa shape index (κ2) is 21.4. The molecule has 6 rings (SSSR count). The van der Waals surface area contributed by atoms with Crippen LogP contribution in [0, 0.1) is 0 Å². The van der Waals surface area contributed by atoms with Gasteiger partial charge >= 0.3 is 0 Å². The first kappa shape index (κ1) is 47.6. The van der Waals surface area contributed by atoms with Gasteiger partial charge in [-0.3, -0.25) is 19.2 Å². The summed E-state index contributed by atoms with van der Waals surface area (Å²) in [4.78, 5) is 53.8. The number of piperidine rings is 2. The molecule has 2 saturated heterocycles. The van der Waals surface area contributed by atoms with Crippen LogP contribution in [0.15, 0.2) is 120 Å². The van der Waals surface area contributed by atoms with Gasteiger partial charge in [0.1, 0.15) is 0 Å². The van der Waals surface area contributed by atoms with E-state index in [1.807, 2.05) is 0 Å². The minimum atomic E-state index is -0.279. The highest BCUT2D eigenvalue weighted by atomic mass is 35.5. The minimum Gasteiger partial charge on any atom is -0.412 e. The maximum atomic E-state index is 13.1. The fraction of sp³-hybridized carbons (Fsp3) is 0.0909. The molecule has 2 fully saturated rings. The van der Waals surface area contributed by atoms with Gasteiger partial charge in [0.05, 0.1) is 26.2 Å². The van der Waals surface area contributed by atoms with E-state index in [1.165, 1.54) is 22.0 Å². The summed E-state index contributed by atoms with van der Waals surface area (Å²) >= 11 is 48.7. The first-order valence-electron chi connectivity index (χ1n) is 17.1. The lowest BCUT2D eigenvalue weighted by Crippen LogP contribution is -2.40. The summed E-state index contributed by atoms with van der Waals surface area (Å²) in [6.45, 7) is 7.66. The summed E-state index contributed by atoms with van der Waals surface area (Å²) in [6.07, 6.45) is 9.11. The summed E-state index contributed by atoms with van der Waals surface area (Å²) in [7, 11) is 0. The molecule has 0 aliphatic carbocycles. The fourth-order valence-electron chi connectivity index (χ4n) is 5.87. The number of hydrogen-bond donors (Lipinski definition) is 0. The van der Waals surface area contributed by atoms with E-state index in [0.717, 1.165) is 0 Å². The Kier molecular flexibility index (Phi) is 17.3. The van der Waals surface area contributed by atoms with Crippen LogP contribution in [0.2, 0.25) is 40.2 Å². The number of likely N-dealkylation sites (tertiary alicyclic amines) is 2. The Morgan fingerprint density at radius 1 is 0.441 bits per heavy atom. The van der Waals surface area contributed by atoms with E-state index in [-0.39, 0.29) is 55.0 Å². The van der Waals surface area contributed by atoms with Crippen molar-refractivity contribution in [2.45, 2.75) is 0 Å². The topological polar surface area (TPSA) is 106 Å². The van der Waals surface area contributed by atoms with Crippen LogP contribution in [0.5, 0.6) is 0 Å². The van der Waals surface area contributed by atoms with E-state index in [9.17, 15) is 19.2 Å². The first-order valence-corrected chi connectivity index (χ1v) is 20.1. The summed E-state index contributed by atoms with van der Waals surface area (Å²) in [6, 6.07) is 20.0. The lowest BCUT2D eigenvalue weighted by Gasteiger charge is -2.29. The van der Waals surface area contributed by atoms with Crippen LogP contribution in [0.25, 0.3) is 24.3 Å². The average Bonchev–Trinajstić information content (AvgIpc) is 3.18. The van der Waals surface area contributed by atoms with Crippen LogP contribution in [0.3, 0.4) is 0 Å². The van der Waals surface area contributed by atoms with Gasteiger partial charge in [0.2, 0.25) is 11.8 Å². The van der Waals surface area contributed by atoms with Gasteiger partial charge in [0, 0.05) is 62.5 Å². The molecule has 0 radical (unpaired) electrons. The smallest absolute Gasteiger partial charge is 0.246 e. The Labute approximate surface area is 381 Å². The number of halogens is 8. The predicted octanol–water partition coefficient (Wildman–Crippen LogP) is 11.9. The molecule has 0 spiro atoms. The fourth-order valence-corrected chi connectivity index (χ4v) is 7.73. The predicted molar refractivity (Wildman–Crippen MR) is 245 cm³/mol. The molecule has 304 valence electrons. The van der Waals surface area contributed by atoms with Crippen molar-refractivity contribution in [1.29, 1.82) is 0 Å². The molecule has 2 N–H and O–H groups in total. The van der Waals surface area contributed by atoms with Crippen molar-refractivity contribution in [2.75, 3.05) is 26.2 Å². The maximum absolute atomic E-state index is 13.1. The van der Waals surface area contributed by atoms with Crippen molar-refractivity contribution in [1.82, 2.24) is 9.80 Å². The van der Waals surface area contributed by atoms with Gasteiger partial charge in [0.15, 0.2) is 11.6 Å². The van der Waals surface area contributed by atoms with Crippen molar-refractivity contribution in [3.05, 3.63) is 183 Å². The number of carbonyl (C=O) groups excluding carboxylic acids is 4. The van der Waals surface area contributed by atoms with Crippen LogP contribution in [-0.2, 0) is 19.2 Å². The monoisotopic (exact) mass is 948 g/mol. The largest absolute Gasteiger partial charge is 0.412 e. The van der Waals surface area contributed by atoms with Gasteiger partial charge < -0.3 is 15.3 Å². The van der Waals surface area contributed by atoms with Crippen molar-refractivity contribution in [3.8, 4) is 0 Å². The lowest BCUT2D eigenvalue weighted by atomic mass is 9.94. The van der Waals surface area contributed by atoms with Gasteiger partial charge in [-0.2, -0.15) is 0 Å². The summed E-state index contributed by atoms with van der Waals surface area (Å²) in [5.74, 6) is -0.928. The number of amides is 2. The Morgan fingerprint density at radius 3 is 0.847 bits per heavy atom. The molecular formula is C44H32Cl8N2O5. The van der Waals surface area contributed by atoms with Crippen molar-refractivity contribution >= 4 is 140 Å². The van der Waals surface area contributed by atoms with Crippen molar-refractivity contribution in [3.63, 3.8) is 0 Å². The van der Waals surface area contributed by atoms with Crippen molar-refractivity contribution < 1.29 is 24.7 Å². The third kappa shape index (κ3) is 12.5. The molecule has 0 bridgehead atoms. The molecule has 4 aromatic rings. The number of ketones is 2. The van der Waals surface area contributed by atoms with Crippen LogP contribution in [0.4, 0.5) is 0 Å². The first-order chi connectivity index (χ1) is 27.6. The highest BCUT2D eigenvalue weighted by Gasteiger charge is 2.30. The van der Waals surface area contributed by atoms with E-state index >= 15 is 0 Å². The molecule has 2 heterocycles. The normalized spacial score (nSPS) is 16.8. The third-order valence-corrected chi connectivity index (χ3v) is 11.0. The zero-order valence-electron chi connectivity index (χ0n) is 30.7. The lowest BCUT2D eigenvalue weighted by molar-refractivity contribution is -0.127. The second-order valence-corrected chi connectivity index (χ2v) is 16.2. The zero-order chi connectivity index (χ0) is 42.3. The number of hydrogen-bond acceptors (Lipinski definition) is 4. The van der Waals surface area contributed by atoms with E-state index in [0.29, 0.717) is 84.7 Å². The number of nitrogens with zero attached hydrogens (tertiary/aromatic N) is 2. The molecule has 0 unspecified atom stereocenters. The van der Waals surface area contributed by atoms with Crippen molar-refractivity contribution in [2.24, 2.45) is 0 Å². The molecule has 59 heavy (non-hydrogen) atoms. The summed E-state index contributed by atoms with van der Waals surface area (Å²) in [5.41, 5.74) is 4.23. The number of Topliss-reactive ketones (excluding diaryl/α,β-unsaturated/α-hetero) is 2. The molecule has 0 aromatic heterocycles. The second-order valence-electron chi connectivity index (χ2n) is 12.8. The Morgan fingerprint density at radius 2 is 0.661 bits per heavy atom. The van der Waals surface area contributed by atoms with Crippen LogP contribution in [0.1, 0.15) is 22.3 Å². The van der Waals surface area contributed by atoms with Crippen LogP contribution < -0.4 is 0 Å². The molecular weight excluding hydrogens is 920 g/mol. The summed E-state index contributed by atoms with van der Waals surface area (Å²) in [5, 5.41) is 3.63. The highest BCUT2D eigenvalue weighted by Crippen LogP contribution is 2.31. The van der Waals surface area contributed by atoms with Gasteiger partial charge in [-0.05, 0) is 107 Å². The maximum Gasteiger partial charge on any atom is 0.246 e. The highest BCUT2D eigenvalue weighted by molar-refractivity contribution is 6.38. The van der Waals surface area contributed by atoms with Gasteiger partial charge in [0.25, 0.3) is 0 Å². The van der Waals surface area contributed by atoms with Crippen LogP contribution >= 0.6 is 92.8 Å². The van der Waals surface area contributed by atoms with E-state index in [4.69, 9.17) is 92.8 Å². The van der Waals surface area contributed by atoms with Gasteiger partial charge in [-0.15, -0.1) is 0 Å². The van der Waals surface area contributed by atoms with E-state index in [1.54, 1.807) is 97.1 Å². The van der Waals surface area contributed by atoms with Crippen LogP contribution in [-0.4, -0.2) is 64.8 Å². The molecule has 15 heteroatoms. The zero-order valence-corrected chi connectivity index (χ0v) is 36.7. The third-order valence-electron chi connectivity index (χ3n) is 8.75. The number of carbonyl (C=O) groups is 4. The van der Waals surface area contributed by atoms with E-state index in [2.05, 4.69) is 13.2 Å². The quantitative estimate of drug-likeness (QED) is 0.179.